The molecule has 1 aliphatic rings. The second-order valence-electron chi connectivity index (χ2n) is 4.86. The van der Waals surface area contributed by atoms with Crippen molar-refractivity contribution in [1.82, 2.24) is 0 Å². The largest absolute Gasteiger partial charge is 0.427 e. The van der Waals surface area contributed by atoms with E-state index in [0.717, 1.165) is 11.1 Å². The molecule has 0 unspecified atom stereocenters. The summed E-state index contributed by atoms with van der Waals surface area (Å²) in [6.07, 6.45) is 1.62. The van der Waals surface area contributed by atoms with Crippen molar-refractivity contribution >= 4 is 23.9 Å². The van der Waals surface area contributed by atoms with Gasteiger partial charge in [-0.2, -0.15) is 0 Å². The van der Waals surface area contributed by atoms with E-state index in [9.17, 15) is 9.59 Å². The summed E-state index contributed by atoms with van der Waals surface area (Å²) < 4.78 is 10.1. The highest BCUT2D eigenvalue weighted by atomic mass is 16.6. The van der Waals surface area contributed by atoms with E-state index in [0.29, 0.717) is 11.6 Å². The van der Waals surface area contributed by atoms with Crippen LogP contribution in [0.25, 0.3) is 6.08 Å². The topological polar surface area (TPSA) is 65.0 Å². The number of hydrogen-bond acceptors (Lipinski definition) is 5. The van der Waals surface area contributed by atoms with Gasteiger partial charge in [0.15, 0.2) is 5.70 Å². The molecule has 114 valence electrons. The maximum absolute atomic E-state index is 11.9. The van der Waals surface area contributed by atoms with Gasteiger partial charge in [-0.05, 0) is 35.9 Å². The summed E-state index contributed by atoms with van der Waals surface area (Å²) in [4.78, 5) is 27.0. The molecule has 5 nitrogen and oxygen atoms in total. The Hall–Kier alpha value is -3.21. The molecule has 0 fully saturated rings. The molecule has 3 rings (SSSR count). The highest BCUT2D eigenvalue weighted by Crippen LogP contribution is 2.20. The van der Waals surface area contributed by atoms with Crippen LogP contribution in [-0.2, 0) is 14.3 Å². The first-order valence-electron chi connectivity index (χ1n) is 6.98. The van der Waals surface area contributed by atoms with Crippen molar-refractivity contribution in [1.29, 1.82) is 0 Å². The normalized spacial score (nSPS) is 15.3. The smallest absolute Gasteiger partial charge is 0.363 e. The molecule has 2 aromatic carbocycles. The van der Waals surface area contributed by atoms with Crippen molar-refractivity contribution in [2.45, 2.75) is 6.92 Å². The molecule has 1 heterocycles. The first kappa shape index (κ1) is 14.7. The average Bonchev–Trinajstić information content (AvgIpc) is 2.91. The van der Waals surface area contributed by atoms with Crippen LogP contribution in [0.15, 0.2) is 65.3 Å². The molecule has 0 aromatic heterocycles. The molecule has 2 aromatic rings. The van der Waals surface area contributed by atoms with Gasteiger partial charge in [0.2, 0.25) is 5.90 Å². The summed E-state index contributed by atoms with van der Waals surface area (Å²) >= 11 is 0. The lowest BCUT2D eigenvalue weighted by molar-refractivity contribution is -0.132. The van der Waals surface area contributed by atoms with E-state index in [-0.39, 0.29) is 11.7 Å². The predicted octanol–water partition coefficient (Wildman–Crippen LogP) is 2.96. The second kappa shape index (κ2) is 6.27. The van der Waals surface area contributed by atoms with Gasteiger partial charge in [0.25, 0.3) is 0 Å². The van der Waals surface area contributed by atoms with Gasteiger partial charge in [-0.1, -0.05) is 30.3 Å². The Kier molecular flexibility index (Phi) is 4.01. The fourth-order valence-corrected chi connectivity index (χ4v) is 2.07. The average molecular weight is 307 g/mol. The van der Waals surface area contributed by atoms with Crippen LogP contribution in [0.1, 0.15) is 18.1 Å². The van der Waals surface area contributed by atoms with Crippen LogP contribution in [0.5, 0.6) is 5.75 Å². The maximum Gasteiger partial charge on any atom is 0.363 e. The lowest BCUT2D eigenvalue weighted by atomic mass is 10.2. The minimum atomic E-state index is -0.493. The second-order valence-corrected chi connectivity index (χ2v) is 4.86. The van der Waals surface area contributed by atoms with Gasteiger partial charge in [-0.15, -0.1) is 0 Å². The predicted molar refractivity (Wildman–Crippen MR) is 84.8 cm³/mol. The Labute approximate surface area is 132 Å². The van der Waals surface area contributed by atoms with Gasteiger partial charge in [0, 0.05) is 12.5 Å². The van der Waals surface area contributed by atoms with Crippen LogP contribution in [0.4, 0.5) is 0 Å². The molecule has 0 saturated carbocycles. The van der Waals surface area contributed by atoms with E-state index in [2.05, 4.69) is 4.99 Å². The molecule has 0 spiro atoms. The van der Waals surface area contributed by atoms with Gasteiger partial charge in [0.1, 0.15) is 5.75 Å². The number of aliphatic imine (C=N–C) groups is 1. The van der Waals surface area contributed by atoms with E-state index in [4.69, 9.17) is 9.47 Å². The quantitative estimate of drug-likeness (QED) is 0.497. The van der Waals surface area contributed by atoms with E-state index in [1.165, 1.54) is 6.92 Å². The van der Waals surface area contributed by atoms with Crippen molar-refractivity contribution in [3.63, 3.8) is 0 Å². The third kappa shape index (κ3) is 3.52. The highest BCUT2D eigenvalue weighted by molar-refractivity contribution is 6.12. The minimum Gasteiger partial charge on any atom is -0.427 e. The van der Waals surface area contributed by atoms with Gasteiger partial charge < -0.3 is 9.47 Å². The molecule has 0 saturated heterocycles. The zero-order valence-corrected chi connectivity index (χ0v) is 12.4. The van der Waals surface area contributed by atoms with Crippen molar-refractivity contribution in [3.8, 4) is 5.75 Å². The number of carbonyl (C=O) groups excluding carboxylic acids is 2. The van der Waals surface area contributed by atoms with E-state index in [1.54, 1.807) is 30.3 Å². The van der Waals surface area contributed by atoms with Gasteiger partial charge in [-0.3, -0.25) is 4.79 Å². The monoisotopic (exact) mass is 307 g/mol. The van der Waals surface area contributed by atoms with Gasteiger partial charge in [-0.25, -0.2) is 9.79 Å². The molecule has 1 aliphatic heterocycles. The minimum absolute atomic E-state index is 0.226. The standard InChI is InChI=1S/C18H13NO4/c1-12(20)22-15-9-7-13(8-10-15)11-16-18(21)23-17(19-16)14-5-3-2-4-6-14/h2-11H,1H3. The van der Waals surface area contributed by atoms with Crippen LogP contribution in [-0.4, -0.2) is 17.8 Å². The van der Waals surface area contributed by atoms with E-state index in [1.807, 2.05) is 30.3 Å². The summed E-state index contributed by atoms with van der Waals surface area (Å²) in [6.45, 7) is 1.34. The first-order chi connectivity index (χ1) is 11.1. The van der Waals surface area contributed by atoms with E-state index < -0.39 is 5.97 Å². The van der Waals surface area contributed by atoms with Crippen LogP contribution in [0.3, 0.4) is 0 Å². The lowest BCUT2D eigenvalue weighted by Crippen LogP contribution is -2.04. The van der Waals surface area contributed by atoms with Crippen LogP contribution < -0.4 is 4.74 Å². The van der Waals surface area contributed by atoms with Crippen LogP contribution >= 0.6 is 0 Å². The molecule has 0 radical (unpaired) electrons. The molecule has 0 bridgehead atoms. The van der Waals surface area contributed by atoms with Crippen molar-refractivity contribution in [3.05, 3.63) is 71.4 Å². The van der Waals surface area contributed by atoms with Crippen LogP contribution in [0.2, 0.25) is 0 Å². The molecule has 0 amide bonds. The number of hydrogen-bond donors (Lipinski definition) is 0. The van der Waals surface area contributed by atoms with E-state index >= 15 is 0 Å². The number of ether oxygens (including phenoxy) is 2. The molecule has 5 heteroatoms. The van der Waals surface area contributed by atoms with Crippen LogP contribution in [0, 0.1) is 0 Å². The number of rotatable bonds is 3. The third-order valence-corrected chi connectivity index (χ3v) is 3.09. The molecular weight excluding hydrogens is 294 g/mol. The van der Waals surface area contributed by atoms with Crippen molar-refractivity contribution in [2.24, 2.45) is 4.99 Å². The molecule has 23 heavy (non-hydrogen) atoms. The maximum atomic E-state index is 11.9. The fourth-order valence-electron chi connectivity index (χ4n) is 2.07. The summed E-state index contributed by atoms with van der Waals surface area (Å²) in [5, 5.41) is 0. The Bertz CT molecular complexity index is 805. The number of nitrogens with zero attached hydrogens (tertiary/aromatic N) is 1. The SMILES string of the molecule is CC(=O)Oc1ccc(C=C2N=C(c3ccccc3)OC2=O)cc1. The Balaban J connectivity index is 1.83. The summed E-state index contributed by atoms with van der Waals surface area (Å²) in [5.74, 6) is -0.138. The van der Waals surface area contributed by atoms with Crippen molar-refractivity contribution < 1.29 is 19.1 Å². The third-order valence-electron chi connectivity index (χ3n) is 3.09. The fraction of sp³-hybridized carbons (Fsp3) is 0.0556. The zero-order chi connectivity index (χ0) is 16.2. The summed E-state index contributed by atoms with van der Waals surface area (Å²) in [6, 6.07) is 16.0. The number of esters is 2. The lowest BCUT2D eigenvalue weighted by Gasteiger charge is -2.00. The highest BCUT2D eigenvalue weighted by Gasteiger charge is 2.23. The molecule has 0 atom stereocenters. The Morgan fingerprint density at radius 1 is 1.09 bits per heavy atom. The number of benzene rings is 2. The first-order valence-corrected chi connectivity index (χ1v) is 6.98. The zero-order valence-electron chi connectivity index (χ0n) is 12.4. The summed E-state index contributed by atoms with van der Waals surface area (Å²) in [5.41, 5.74) is 1.73. The number of carbonyl (C=O) groups is 2. The van der Waals surface area contributed by atoms with Gasteiger partial charge >= 0.3 is 11.9 Å². The molecule has 0 aliphatic carbocycles. The van der Waals surface area contributed by atoms with Gasteiger partial charge in [0.05, 0.1) is 0 Å². The molecular formula is C18H13NO4. The summed E-state index contributed by atoms with van der Waals surface area (Å²) in [7, 11) is 0. The van der Waals surface area contributed by atoms with Crippen molar-refractivity contribution in [2.75, 3.05) is 0 Å². The Morgan fingerprint density at radius 2 is 1.78 bits per heavy atom. The molecule has 0 N–H and O–H groups in total. The Morgan fingerprint density at radius 3 is 2.43 bits per heavy atom. The number of cyclic esters (lactones) is 1.